The fourth-order valence-corrected chi connectivity index (χ4v) is 2.43. The first kappa shape index (κ1) is 8.34. The standard InChI is InChI=1S/C12H10S/c1-2-3-6-10-9-13-12-8-5-4-7-11(10)12/h1,4-5,7-9H,3,6H2. The summed E-state index contributed by atoms with van der Waals surface area (Å²) in [6.07, 6.45) is 7.08. The van der Waals surface area contributed by atoms with Crippen LogP contribution in [0.1, 0.15) is 12.0 Å². The number of aryl methyl sites for hydroxylation is 1. The largest absolute Gasteiger partial charge is 0.144 e. The summed E-state index contributed by atoms with van der Waals surface area (Å²) in [7, 11) is 0. The molecule has 13 heavy (non-hydrogen) atoms. The summed E-state index contributed by atoms with van der Waals surface area (Å²) in [5.41, 5.74) is 1.39. The molecule has 0 spiro atoms. The first-order chi connectivity index (χ1) is 6.42. The number of hydrogen-bond acceptors (Lipinski definition) is 1. The van der Waals surface area contributed by atoms with E-state index < -0.39 is 0 Å². The SMILES string of the molecule is C#CCCc1csc2ccccc12. The highest BCUT2D eigenvalue weighted by molar-refractivity contribution is 7.17. The third-order valence-corrected chi connectivity index (χ3v) is 3.11. The van der Waals surface area contributed by atoms with Crippen molar-refractivity contribution in [3.8, 4) is 12.3 Å². The summed E-state index contributed by atoms with van der Waals surface area (Å²) in [5.74, 6) is 2.68. The molecular weight excluding hydrogens is 176 g/mol. The molecule has 1 aromatic carbocycles. The number of thiophene rings is 1. The molecule has 0 amide bonds. The van der Waals surface area contributed by atoms with Crippen LogP contribution in [0.2, 0.25) is 0 Å². The lowest BCUT2D eigenvalue weighted by Gasteiger charge is -1.93. The Kier molecular flexibility index (Phi) is 2.33. The summed E-state index contributed by atoms with van der Waals surface area (Å²) in [4.78, 5) is 0. The van der Waals surface area contributed by atoms with Crippen molar-refractivity contribution in [2.75, 3.05) is 0 Å². The fraction of sp³-hybridized carbons (Fsp3) is 0.167. The predicted octanol–water partition coefficient (Wildman–Crippen LogP) is 3.47. The van der Waals surface area contributed by atoms with Crippen LogP contribution >= 0.6 is 11.3 Å². The van der Waals surface area contributed by atoms with Gasteiger partial charge in [-0.1, -0.05) is 18.2 Å². The second-order valence-electron chi connectivity index (χ2n) is 2.96. The average molecular weight is 186 g/mol. The van der Waals surface area contributed by atoms with Gasteiger partial charge < -0.3 is 0 Å². The Morgan fingerprint density at radius 2 is 2.15 bits per heavy atom. The van der Waals surface area contributed by atoms with Crippen LogP contribution in [0, 0.1) is 12.3 Å². The minimum absolute atomic E-state index is 0.834. The van der Waals surface area contributed by atoms with Crippen LogP contribution < -0.4 is 0 Å². The van der Waals surface area contributed by atoms with Gasteiger partial charge in [-0.25, -0.2) is 0 Å². The minimum atomic E-state index is 0.834. The van der Waals surface area contributed by atoms with Crippen molar-refractivity contribution in [3.63, 3.8) is 0 Å². The van der Waals surface area contributed by atoms with Gasteiger partial charge >= 0.3 is 0 Å². The molecule has 0 aliphatic rings. The van der Waals surface area contributed by atoms with Crippen molar-refractivity contribution < 1.29 is 0 Å². The lowest BCUT2D eigenvalue weighted by molar-refractivity contribution is 1.05. The van der Waals surface area contributed by atoms with E-state index in [1.807, 2.05) is 0 Å². The Balaban J connectivity index is 2.41. The molecule has 1 heteroatoms. The van der Waals surface area contributed by atoms with Crippen LogP contribution in [-0.2, 0) is 6.42 Å². The maximum absolute atomic E-state index is 5.24. The molecule has 0 saturated heterocycles. The molecule has 2 rings (SSSR count). The van der Waals surface area contributed by atoms with Crippen molar-refractivity contribution >= 4 is 21.4 Å². The van der Waals surface area contributed by atoms with Gasteiger partial charge in [-0.15, -0.1) is 23.7 Å². The third kappa shape index (κ3) is 1.59. The normalized spacial score (nSPS) is 10.1. The molecule has 1 heterocycles. The molecule has 0 saturated carbocycles. The molecule has 0 radical (unpaired) electrons. The molecule has 0 unspecified atom stereocenters. The number of hydrogen-bond donors (Lipinski definition) is 0. The van der Waals surface area contributed by atoms with E-state index in [2.05, 4.69) is 35.6 Å². The predicted molar refractivity (Wildman–Crippen MR) is 59.0 cm³/mol. The maximum Gasteiger partial charge on any atom is 0.0345 e. The molecule has 0 fully saturated rings. The fourth-order valence-electron chi connectivity index (χ4n) is 1.43. The Morgan fingerprint density at radius 1 is 1.31 bits per heavy atom. The Morgan fingerprint density at radius 3 is 3.00 bits per heavy atom. The van der Waals surface area contributed by atoms with Gasteiger partial charge in [-0.05, 0) is 28.8 Å². The minimum Gasteiger partial charge on any atom is -0.144 e. The first-order valence-electron chi connectivity index (χ1n) is 4.30. The molecule has 2 aromatic rings. The lowest BCUT2D eigenvalue weighted by atomic mass is 10.1. The third-order valence-electron chi connectivity index (χ3n) is 2.10. The maximum atomic E-state index is 5.24. The van der Waals surface area contributed by atoms with Gasteiger partial charge in [0, 0.05) is 11.1 Å². The molecule has 0 nitrogen and oxygen atoms in total. The Hall–Kier alpha value is -1.26. The molecule has 0 aliphatic carbocycles. The molecule has 0 bridgehead atoms. The summed E-state index contributed by atoms with van der Waals surface area (Å²) >= 11 is 1.80. The molecule has 1 aromatic heterocycles. The number of benzene rings is 1. The number of terminal acetylenes is 1. The van der Waals surface area contributed by atoms with Crippen LogP contribution in [-0.4, -0.2) is 0 Å². The van der Waals surface area contributed by atoms with Crippen LogP contribution in [0.4, 0.5) is 0 Å². The molecule has 0 aliphatic heterocycles. The number of rotatable bonds is 2. The number of fused-ring (bicyclic) bond motifs is 1. The van der Waals surface area contributed by atoms with Crippen LogP contribution in [0.3, 0.4) is 0 Å². The first-order valence-corrected chi connectivity index (χ1v) is 5.18. The Bertz CT molecular complexity index is 445. The zero-order chi connectivity index (χ0) is 9.10. The summed E-state index contributed by atoms with van der Waals surface area (Å²) < 4.78 is 1.36. The highest BCUT2D eigenvalue weighted by Gasteiger charge is 2.01. The van der Waals surface area contributed by atoms with Gasteiger partial charge in [0.2, 0.25) is 0 Å². The van der Waals surface area contributed by atoms with E-state index in [0.29, 0.717) is 0 Å². The van der Waals surface area contributed by atoms with Crippen LogP contribution in [0.5, 0.6) is 0 Å². The quantitative estimate of drug-likeness (QED) is 0.630. The summed E-state index contributed by atoms with van der Waals surface area (Å²) in [6, 6.07) is 8.47. The van der Waals surface area contributed by atoms with Crippen molar-refractivity contribution in [1.29, 1.82) is 0 Å². The second-order valence-corrected chi connectivity index (χ2v) is 3.87. The Labute approximate surface area is 82.2 Å². The smallest absolute Gasteiger partial charge is 0.0345 e. The molecule has 0 atom stereocenters. The van der Waals surface area contributed by atoms with Crippen LogP contribution in [0.25, 0.3) is 10.1 Å². The van der Waals surface area contributed by atoms with E-state index in [9.17, 15) is 0 Å². The molecule has 64 valence electrons. The van der Waals surface area contributed by atoms with Crippen LogP contribution in [0.15, 0.2) is 29.6 Å². The molecular formula is C12H10S. The average Bonchev–Trinajstić information content (AvgIpc) is 2.58. The lowest BCUT2D eigenvalue weighted by Crippen LogP contribution is -1.79. The van der Waals surface area contributed by atoms with Gasteiger partial charge in [0.05, 0.1) is 0 Å². The zero-order valence-corrected chi connectivity index (χ0v) is 8.10. The highest BCUT2D eigenvalue weighted by Crippen LogP contribution is 2.26. The van der Waals surface area contributed by atoms with Crippen molar-refractivity contribution in [1.82, 2.24) is 0 Å². The van der Waals surface area contributed by atoms with Crippen molar-refractivity contribution in [2.45, 2.75) is 12.8 Å². The van der Waals surface area contributed by atoms with Gasteiger partial charge in [0.15, 0.2) is 0 Å². The van der Waals surface area contributed by atoms with Gasteiger partial charge in [-0.2, -0.15) is 0 Å². The van der Waals surface area contributed by atoms with E-state index in [1.54, 1.807) is 11.3 Å². The molecule has 0 N–H and O–H groups in total. The topological polar surface area (TPSA) is 0 Å². The van der Waals surface area contributed by atoms with E-state index in [4.69, 9.17) is 6.42 Å². The van der Waals surface area contributed by atoms with Gasteiger partial charge in [-0.3, -0.25) is 0 Å². The monoisotopic (exact) mass is 186 g/mol. The van der Waals surface area contributed by atoms with E-state index in [0.717, 1.165) is 12.8 Å². The van der Waals surface area contributed by atoms with Crippen molar-refractivity contribution in [3.05, 3.63) is 35.2 Å². The summed E-state index contributed by atoms with van der Waals surface area (Å²) in [5, 5.41) is 3.57. The van der Waals surface area contributed by atoms with Gasteiger partial charge in [0.1, 0.15) is 0 Å². The summed E-state index contributed by atoms with van der Waals surface area (Å²) in [6.45, 7) is 0. The van der Waals surface area contributed by atoms with Gasteiger partial charge in [0.25, 0.3) is 0 Å². The second kappa shape index (κ2) is 3.64. The highest BCUT2D eigenvalue weighted by atomic mass is 32.1. The van der Waals surface area contributed by atoms with E-state index in [1.165, 1.54) is 15.6 Å². The van der Waals surface area contributed by atoms with E-state index >= 15 is 0 Å². The van der Waals surface area contributed by atoms with Crippen molar-refractivity contribution in [2.24, 2.45) is 0 Å². The zero-order valence-electron chi connectivity index (χ0n) is 7.29. The van der Waals surface area contributed by atoms with E-state index in [-0.39, 0.29) is 0 Å².